The fourth-order valence-electron chi connectivity index (χ4n) is 2.73. The average molecular weight is 525 g/mol. The highest BCUT2D eigenvalue weighted by molar-refractivity contribution is 9.11. The number of ether oxygens (including phenoxy) is 1. The molecule has 148 valence electrons. The van der Waals surface area contributed by atoms with Crippen molar-refractivity contribution in [2.24, 2.45) is 0 Å². The summed E-state index contributed by atoms with van der Waals surface area (Å²) in [5.74, 6) is 0.410. The number of hydrogen-bond donors (Lipinski definition) is 2. The van der Waals surface area contributed by atoms with Crippen LogP contribution in [-0.2, 0) is 11.2 Å². The molecule has 0 amide bonds. The number of carbonyl (C=O) groups is 1. The molecule has 0 aliphatic heterocycles. The van der Waals surface area contributed by atoms with Crippen molar-refractivity contribution in [3.63, 3.8) is 0 Å². The Morgan fingerprint density at radius 1 is 1.28 bits per heavy atom. The van der Waals surface area contributed by atoms with E-state index >= 15 is 0 Å². The normalized spacial score (nSPS) is 12.2. The van der Waals surface area contributed by atoms with Crippen LogP contribution in [0, 0.1) is 0 Å². The Morgan fingerprint density at radius 2 is 2.03 bits per heavy atom. The molecule has 0 fully saturated rings. The van der Waals surface area contributed by atoms with E-state index in [1.807, 2.05) is 6.07 Å². The van der Waals surface area contributed by atoms with E-state index in [1.165, 1.54) is 12.5 Å². The van der Waals surface area contributed by atoms with Gasteiger partial charge in [-0.1, -0.05) is 0 Å². The first kappa shape index (κ1) is 19.6. The summed E-state index contributed by atoms with van der Waals surface area (Å²) in [7, 11) is 0. The summed E-state index contributed by atoms with van der Waals surface area (Å²) in [6.45, 7) is 0. The summed E-state index contributed by atoms with van der Waals surface area (Å²) in [5.41, 5.74) is 1.98. The number of oxazole rings is 1. The highest BCUT2D eigenvalue weighted by Gasteiger charge is 2.19. The van der Waals surface area contributed by atoms with Crippen molar-refractivity contribution in [3.8, 4) is 23.2 Å². The Morgan fingerprint density at radius 3 is 2.69 bits per heavy atom. The van der Waals surface area contributed by atoms with E-state index < -0.39 is 12.1 Å². The molecule has 2 N–H and O–H groups in total. The van der Waals surface area contributed by atoms with Crippen molar-refractivity contribution in [1.29, 1.82) is 0 Å². The topological polar surface area (TPSA) is 101 Å². The van der Waals surface area contributed by atoms with Crippen LogP contribution in [0.25, 0.3) is 22.7 Å². The van der Waals surface area contributed by atoms with Gasteiger partial charge in [0, 0.05) is 12.5 Å². The van der Waals surface area contributed by atoms with Crippen LogP contribution in [0.5, 0.6) is 11.5 Å². The lowest BCUT2D eigenvalue weighted by atomic mass is 10.1. The molecule has 29 heavy (non-hydrogen) atoms. The third kappa shape index (κ3) is 4.18. The molecule has 0 spiro atoms. The third-order valence-corrected chi connectivity index (χ3v) is 5.23. The van der Waals surface area contributed by atoms with Gasteiger partial charge < -0.3 is 19.2 Å². The Balaban J connectivity index is 1.60. The Labute approximate surface area is 180 Å². The number of fused-ring (bicyclic) bond motifs is 1. The van der Waals surface area contributed by atoms with Gasteiger partial charge in [0.25, 0.3) is 5.89 Å². The molecule has 0 aliphatic carbocycles. The highest BCUT2D eigenvalue weighted by atomic mass is 79.9. The van der Waals surface area contributed by atoms with Gasteiger partial charge in [0.15, 0.2) is 11.6 Å². The van der Waals surface area contributed by atoms with Crippen LogP contribution in [0.4, 0.5) is 4.39 Å². The highest BCUT2D eigenvalue weighted by Crippen LogP contribution is 2.38. The van der Waals surface area contributed by atoms with E-state index in [0.29, 0.717) is 43.2 Å². The monoisotopic (exact) mass is 523 g/mol. The number of halogens is 3. The first-order valence-electron chi connectivity index (χ1n) is 8.33. The van der Waals surface area contributed by atoms with Gasteiger partial charge in [-0.05, 0) is 61.7 Å². The number of benzene rings is 2. The van der Waals surface area contributed by atoms with Gasteiger partial charge in [0.1, 0.15) is 12.0 Å². The van der Waals surface area contributed by atoms with Gasteiger partial charge in [-0.3, -0.25) is 0 Å². The molecule has 2 aromatic carbocycles. The summed E-state index contributed by atoms with van der Waals surface area (Å²) < 4.78 is 25.8. The van der Waals surface area contributed by atoms with Crippen LogP contribution in [-0.4, -0.2) is 32.2 Å². The van der Waals surface area contributed by atoms with Crippen LogP contribution in [0.15, 0.2) is 56.2 Å². The number of hydrogen-bond acceptors (Lipinski definition) is 5. The predicted molar refractivity (Wildman–Crippen MR) is 110 cm³/mol. The number of nitrogens with one attached hydrogen (secondary N) is 1. The standard InChI is InChI=1S/C19H12Br2FN3O4/c20-11-5-9(7-13(22)19(26)27)6-12(21)16(11)29-10-1-2-14-15(8-10)25-17(24-14)18-23-3-4-28-18/h1-6,8,13H,7H2,(H,24,25)(H,26,27). The first-order valence-corrected chi connectivity index (χ1v) is 9.91. The van der Waals surface area contributed by atoms with Gasteiger partial charge in [0.2, 0.25) is 6.17 Å². The lowest BCUT2D eigenvalue weighted by Gasteiger charge is -2.12. The zero-order valence-electron chi connectivity index (χ0n) is 14.5. The molecular formula is C19H12Br2FN3O4. The van der Waals surface area contributed by atoms with Gasteiger partial charge in [0.05, 0.1) is 26.2 Å². The minimum atomic E-state index is -1.97. The van der Waals surface area contributed by atoms with Gasteiger partial charge in [-0.2, -0.15) is 0 Å². The molecule has 1 unspecified atom stereocenters. The van der Waals surface area contributed by atoms with Crippen LogP contribution < -0.4 is 4.74 Å². The molecule has 7 nitrogen and oxygen atoms in total. The number of H-pyrrole nitrogens is 1. The molecule has 2 heterocycles. The third-order valence-electron chi connectivity index (χ3n) is 4.05. The van der Waals surface area contributed by atoms with Crippen LogP contribution in [0.2, 0.25) is 0 Å². The van der Waals surface area contributed by atoms with Crippen molar-refractivity contribution in [2.45, 2.75) is 12.6 Å². The van der Waals surface area contributed by atoms with Gasteiger partial charge >= 0.3 is 5.97 Å². The summed E-state index contributed by atoms with van der Waals surface area (Å²) in [6, 6.07) is 8.61. The lowest BCUT2D eigenvalue weighted by Crippen LogP contribution is -2.17. The summed E-state index contributed by atoms with van der Waals surface area (Å²) in [5, 5.41) is 8.74. The van der Waals surface area contributed by atoms with E-state index in [1.54, 1.807) is 24.3 Å². The second-order valence-electron chi connectivity index (χ2n) is 6.10. The largest absolute Gasteiger partial charge is 0.479 e. The Hall–Kier alpha value is -2.72. The fraction of sp³-hybridized carbons (Fsp3) is 0.105. The molecule has 0 bridgehead atoms. The Kier molecular flexibility index (Phi) is 5.37. The number of carboxylic acids is 1. The number of carboxylic acid groups (broad SMARTS) is 1. The molecule has 0 aliphatic rings. The molecule has 0 saturated heterocycles. The average Bonchev–Trinajstić information content (AvgIpc) is 3.33. The quantitative estimate of drug-likeness (QED) is 0.345. The van der Waals surface area contributed by atoms with Crippen LogP contribution in [0.1, 0.15) is 5.56 Å². The zero-order chi connectivity index (χ0) is 20.5. The van der Waals surface area contributed by atoms with Gasteiger partial charge in [-0.25, -0.2) is 19.2 Å². The molecule has 0 saturated carbocycles. The minimum Gasteiger partial charge on any atom is -0.479 e. The Bertz CT molecular complexity index is 1170. The van der Waals surface area contributed by atoms with E-state index in [4.69, 9.17) is 14.3 Å². The summed E-state index contributed by atoms with van der Waals surface area (Å²) in [6.07, 6.45) is 0.796. The number of alkyl halides is 1. The molecule has 4 aromatic rings. The van der Waals surface area contributed by atoms with E-state index in [-0.39, 0.29) is 6.42 Å². The molecule has 4 rings (SSSR count). The molecule has 0 radical (unpaired) electrons. The number of aromatic amines is 1. The molecular weight excluding hydrogens is 513 g/mol. The molecule has 2 aromatic heterocycles. The first-order chi connectivity index (χ1) is 13.9. The van der Waals surface area contributed by atoms with Crippen LogP contribution >= 0.6 is 31.9 Å². The zero-order valence-corrected chi connectivity index (χ0v) is 17.7. The van der Waals surface area contributed by atoms with E-state index in [0.717, 1.165) is 5.52 Å². The van der Waals surface area contributed by atoms with E-state index in [2.05, 4.69) is 46.8 Å². The number of aliphatic carboxylic acids is 1. The van der Waals surface area contributed by atoms with Crippen molar-refractivity contribution in [2.75, 3.05) is 0 Å². The smallest absolute Gasteiger partial charge is 0.338 e. The summed E-state index contributed by atoms with van der Waals surface area (Å²) in [4.78, 5) is 22.4. The number of nitrogens with zero attached hydrogens (tertiary/aromatic N) is 2. The maximum atomic E-state index is 13.5. The van der Waals surface area contributed by atoms with Crippen molar-refractivity contribution in [1.82, 2.24) is 15.0 Å². The molecule has 10 heteroatoms. The minimum absolute atomic E-state index is 0.240. The number of aromatic nitrogens is 3. The number of rotatable bonds is 6. The lowest BCUT2D eigenvalue weighted by molar-refractivity contribution is -0.142. The SMILES string of the molecule is O=C(O)C(F)Cc1cc(Br)c(Oc2ccc3[nH]c(-c4ncco4)nc3c2)c(Br)c1. The molecule has 1 atom stereocenters. The maximum absolute atomic E-state index is 13.5. The fourth-order valence-corrected chi connectivity index (χ4v) is 4.17. The van der Waals surface area contributed by atoms with Crippen LogP contribution in [0.3, 0.4) is 0 Å². The summed E-state index contributed by atoms with van der Waals surface area (Å²) >= 11 is 6.79. The predicted octanol–water partition coefficient (Wildman–Crippen LogP) is 5.50. The number of imidazole rings is 1. The van der Waals surface area contributed by atoms with E-state index in [9.17, 15) is 9.18 Å². The van der Waals surface area contributed by atoms with Crippen molar-refractivity contribution < 1.29 is 23.4 Å². The second-order valence-corrected chi connectivity index (χ2v) is 7.81. The van der Waals surface area contributed by atoms with Crippen molar-refractivity contribution >= 4 is 48.9 Å². The van der Waals surface area contributed by atoms with Gasteiger partial charge in [-0.15, -0.1) is 0 Å². The second kappa shape index (κ2) is 7.96. The van der Waals surface area contributed by atoms with Crippen molar-refractivity contribution in [3.05, 3.63) is 57.3 Å². The maximum Gasteiger partial charge on any atom is 0.338 e.